The van der Waals surface area contributed by atoms with Gasteiger partial charge in [-0.1, -0.05) is 48.9 Å². The lowest BCUT2D eigenvalue weighted by molar-refractivity contribution is 0.173. The average Bonchev–Trinajstić information content (AvgIpc) is 2.49. The molecule has 0 spiro atoms. The molecule has 2 aromatic rings. The molecular weight excluding hydrogens is 270 g/mol. The van der Waals surface area contributed by atoms with Crippen LogP contribution >= 0.6 is 11.6 Å². The average molecular weight is 290 g/mol. The fraction of sp³-hybridized carbons (Fsp3) is 0.294. The summed E-state index contributed by atoms with van der Waals surface area (Å²) >= 11 is 6.18. The van der Waals surface area contributed by atoms with Gasteiger partial charge in [0.05, 0.1) is 6.10 Å². The van der Waals surface area contributed by atoms with Crippen molar-refractivity contribution >= 4 is 17.3 Å². The highest BCUT2D eigenvalue weighted by atomic mass is 35.5. The minimum atomic E-state index is -0.377. The number of rotatable bonds is 5. The molecule has 106 valence electrons. The highest BCUT2D eigenvalue weighted by Gasteiger charge is 2.07. The first-order chi connectivity index (χ1) is 9.61. The Morgan fingerprint density at radius 1 is 1.10 bits per heavy atom. The topological polar surface area (TPSA) is 23.5 Å². The summed E-state index contributed by atoms with van der Waals surface area (Å²) in [5, 5.41) is 10.6. The lowest BCUT2D eigenvalue weighted by Crippen LogP contribution is -2.16. The lowest BCUT2D eigenvalue weighted by Gasteiger charge is -2.21. The second kappa shape index (κ2) is 6.78. The van der Waals surface area contributed by atoms with E-state index in [2.05, 4.69) is 4.90 Å². The summed E-state index contributed by atoms with van der Waals surface area (Å²) in [6.07, 6.45) is 0.354. The zero-order valence-corrected chi connectivity index (χ0v) is 12.6. The zero-order valence-electron chi connectivity index (χ0n) is 11.9. The van der Waals surface area contributed by atoms with Gasteiger partial charge < -0.3 is 10.0 Å². The normalized spacial score (nSPS) is 12.2. The van der Waals surface area contributed by atoms with Crippen molar-refractivity contribution in [2.75, 3.05) is 11.9 Å². The van der Waals surface area contributed by atoms with Crippen molar-refractivity contribution in [1.29, 1.82) is 0 Å². The van der Waals surface area contributed by atoms with Crippen molar-refractivity contribution < 1.29 is 5.11 Å². The quantitative estimate of drug-likeness (QED) is 0.881. The second-order valence-corrected chi connectivity index (χ2v) is 5.37. The van der Waals surface area contributed by atoms with Crippen molar-refractivity contribution in [3.05, 3.63) is 64.7 Å². The predicted octanol–water partition coefficient (Wildman–Crippen LogP) is 4.42. The van der Waals surface area contributed by atoms with Gasteiger partial charge in [0.25, 0.3) is 0 Å². The molecule has 0 aromatic heterocycles. The molecule has 0 aliphatic carbocycles. The van der Waals surface area contributed by atoms with Gasteiger partial charge in [-0.2, -0.15) is 0 Å². The Kier molecular flexibility index (Phi) is 5.05. The van der Waals surface area contributed by atoms with Crippen LogP contribution in [-0.2, 0) is 6.54 Å². The Bertz CT molecular complexity index is 553. The summed E-state index contributed by atoms with van der Waals surface area (Å²) < 4.78 is 0. The maximum atomic E-state index is 9.80. The van der Waals surface area contributed by atoms with Crippen molar-refractivity contribution in [2.45, 2.75) is 26.0 Å². The van der Waals surface area contributed by atoms with E-state index < -0.39 is 0 Å². The summed E-state index contributed by atoms with van der Waals surface area (Å²) in [7, 11) is 2.04. The van der Waals surface area contributed by atoms with Crippen LogP contribution < -0.4 is 4.90 Å². The van der Waals surface area contributed by atoms with E-state index in [1.165, 1.54) is 0 Å². The smallest absolute Gasteiger partial charge is 0.0787 e. The minimum Gasteiger partial charge on any atom is -0.388 e. The van der Waals surface area contributed by atoms with Gasteiger partial charge in [-0.15, -0.1) is 0 Å². The monoisotopic (exact) mass is 289 g/mol. The standard InChI is InChI=1S/C17H20ClNO/c1-3-17(20)13-8-10-15(11-9-13)19(2)12-14-6-4-5-7-16(14)18/h4-11,17,20H,3,12H2,1-2H3. The molecular formula is C17H20ClNO. The number of benzene rings is 2. The molecule has 1 unspecified atom stereocenters. The van der Waals surface area contributed by atoms with E-state index in [1.807, 2.05) is 62.5 Å². The number of hydrogen-bond acceptors (Lipinski definition) is 2. The van der Waals surface area contributed by atoms with Crippen molar-refractivity contribution in [3.63, 3.8) is 0 Å². The van der Waals surface area contributed by atoms with E-state index in [-0.39, 0.29) is 6.10 Å². The molecule has 0 aliphatic rings. The Balaban J connectivity index is 2.10. The summed E-state index contributed by atoms with van der Waals surface area (Å²) in [6, 6.07) is 15.9. The SMILES string of the molecule is CCC(O)c1ccc(N(C)Cc2ccccc2Cl)cc1. The molecule has 1 N–H and O–H groups in total. The third kappa shape index (κ3) is 3.53. The van der Waals surface area contributed by atoms with Gasteiger partial charge in [-0.05, 0) is 35.7 Å². The van der Waals surface area contributed by atoms with Gasteiger partial charge >= 0.3 is 0 Å². The van der Waals surface area contributed by atoms with Crippen LogP contribution in [0.3, 0.4) is 0 Å². The third-order valence-electron chi connectivity index (χ3n) is 3.47. The molecule has 0 aliphatic heterocycles. The van der Waals surface area contributed by atoms with E-state index in [0.29, 0.717) is 0 Å². The van der Waals surface area contributed by atoms with Gasteiger partial charge in [-0.25, -0.2) is 0 Å². The predicted molar refractivity (Wildman–Crippen MR) is 85.3 cm³/mol. The number of aliphatic hydroxyl groups is 1. The molecule has 2 rings (SSSR count). The van der Waals surface area contributed by atoms with Crippen LogP contribution in [0.1, 0.15) is 30.6 Å². The highest BCUT2D eigenvalue weighted by molar-refractivity contribution is 6.31. The van der Waals surface area contributed by atoms with Gasteiger partial charge in [0, 0.05) is 24.3 Å². The van der Waals surface area contributed by atoms with Crippen LogP contribution in [-0.4, -0.2) is 12.2 Å². The summed E-state index contributed by atoms with van der Waals surface area (Å²) in [6.45, 7) is 2.73. The molecule has 0 fully saturated rings. The molecule has 0 bridgehead atoms. The van der Waals surface area contributed by atoms with E-state index in [0.717, 1.165) is 34.8 Å². The van der Waals surface area contributed by atoms with Crippen LogP contribution in [0.15, 0.2) is 48.5 Å². The number of nitrogens with zero attached hydrogens (tertiary/aromatic N) is 1. The molecule has 0 saturated heterocycles. The number of anilines is 1. The fourth-order valence-electron chi connectivity index (χ4n) is 2.16. The van der Waals surface area contributed by atoms with Crippen molar-refractivity contribution in [3.8, 4) is 0 Å². The Hall–Kier alpha value is -1.51. The van der Waals surface area contributed by atoms with Crippen molar-refractivity contribution in [1.82, 2.24) is 0 Å². The first kappa shape index (κ1) is 14.9. The molecule has 0 amide bonds. The van der Waals surface area contributed by atoms with Crippen LogP contribution in [0, 0.1) is 0 Å². The first-order valence-corrected chi connectivity index (χ1v) is 7.22. The third-order valence-corrected chi connectivity index (χ3v) is 3.84. The highest BCUT2D eigenvalue weighted by Crippen LogP contribution is 2.23. The Morgan fingerprint density at radius 2 is 1.75 bits per heavy atom. The van der Waals surface area contributed by atoms with E-state index >= 15 is 0 Å². The molecule has 3 heteroatoms. The van der Waals surface area contributed by atoms with E-state index in [9.17, 15) is 5.11 Å². The van der Waals surface area contributed by atoms with Crippen molar-refractivity contribution in [2.24, 2.45) is 0 Å². The van der Waals surface area contributed by atoms with E-state index in [1.54, 1.807) is 0 Å². The summed E-state index contributed by atoms with van der Waals surface area (Å²) in [5.41, 5.74) is 3.17. The van der Waals surface area contributed by atoms with Gasteiger partial charge in [0.15, 0.2) is 0 Å². The number of hydrogen-bond donors (Lipinski definition) is 1. The molecule has 0 saturated carbocycles. The molecule has 2 nitrogen and oxygen atoms in total. The number of halogens is 1. The molecule has 0 radical (unpaired) electrons. The van der Waals surface area contributed by atoms with Crippen LogP contribution in [0.25, 0.3) is 0 Å². The second-order valence-electron chi connectivity index (χ2n) is 4.96. The zero-order chi connectivity index (χ0) is 14.5. The van der Waals surface area contributed by atoms with Gasteiger partial charge in [0.1, 0.15) is 0 Å². The summed E-state index contributed by atoms with van der Waals surface area (Å²) in [4.78, 5) is 2.14. The van der Waals surface area contributed by atoms with Crippen LogP contribution in [0.4, 0.5) is 5.69 Å². The molecule has 1 atom stereocenters. The maximum Gasteiger partial charge on any atom is 0.0787 e. The molecule has 0 heterocycles. The van der Waals surface area contributed by atoms with Crippen LogP contribution in [0.2, 0.25) is 5.02 Å². The number of aliphatic hydroxyl groups excluding tert-OH is 1. The lowest BCUT2D eigenvalue weighted by atomic mass is 10.1. The Morgan fingerprint density at radius 3 is 2.35 bits per heavy atom. The van der Waals surface area contributed by atoms with Gasteiger partial charge in [-0.3, -0.25) is 0 Å². The van der Waals surface area contributed by atoms with Crippen LogP contribution in [0.5, 0.6) is 0 Å². The largest absolute Gasteiger partial charge is 0.388 e. The fourth-order valence-corrected chi connectivity index (χ4v) is 2.36. The van der Waals surface area contributed by atoms with E-state index in [4.69, 9.17) is 11.6 Å². The molecule has 20 heavy (non-hydrogen) atoms. The van der Waals surface area contributed by atoms with Gasteiger partial charge in [0.2, 0.25) is 0 Å². The maximum absolute atomic E-state index is 9.80. The first-order valence-electron chi connectivity index (χ1n) is 6.84. The minimum absolute atomic E-state index is 0.377. The summed E-state index contributed by atoms with van der Waals surface area (Å²) in [5.74, 6) is 0. The Labute approximate surface area is 125 Å². The molecule has 2 aromatic carbocycles.